The predicted octanol–water partition coefficient (Wildman–Crippen LogP) is 3.36. The van der Waals surface area contributed by atoms with Crippen molar-refractivity contribution >= 4 is 17.4 Å². The summed E-state index contributed by atoms with van der Waals surface area (Å²) in [6, 6.07) is 11.2. The number of hydrogen-bond donors (Lipinski definition) is 1. The molecule has 0 spiro atoms. The van der Waals surface area contributed by atoms with Gasteiger partial charge in [-0.25, -0.2) is 4.98 Å². The Morgan fingerprint density at radius 1 is 1.18 bits per heavy atom. The minimum Gasteiger partial charge on any atom is -0.489 e. The van der Waals surface area contributed by atoms with Crippen LogP contribution >= 0.6 is 11.6 Å². The lowest BCUT2D eigenvalue weighted by molar-refractivity contribution is 0.306. The number of nitrogens with zero attached hydrogens (tertiary/aromatic N) is 1. The van der Waals surface area contributed by atoms with Crippen LogP contribution in [0.3, 0.4) is 0 Å². The second kappa shape index (κ2) is 5.55. The van der Waals surface area contributed by atoms with Gasteiger partial charge in [-0.3, -0.25) is 0 Å². The summed E-state index contributed by atoms with van der Waals surface area (Å²) in [7, 11) is 1.84. The van der Waals surface area contributed by atoms with Gasteiger partial charge in [0.15, 0.2) is 0 Å². The molecule has 1 aromatic heterocycles. The lowest BCUT2D eigenvalue weighted by Gasteiger charge is -2.06. The molecular formula is C13H13ClN2O. The molecule has 0 saturated carbocycles. The molecule has 0 aliphatic rings. The van der Waals surface area contributed by atoms with Gasteiger partial charge < -0.3 is 10.1 Å². The van der Waals surface area contributed by atoms with Gasteiger partial charge in [0.05, 0.1) is 0 Å². The summed E-state index contributed by atoms with van der Waals surface area (Å²) in [6.07, 6.45) is 1.79. The third-order valence-corrected chi connectivity index (χ3v) is 2.55. The van der Waals surface area contributed by atoms with Crippen LogP contribution < -0.4 is 10.1 Å². The van der Waals surface area contributed by atoms with Crippen LogP contribution in [-0.4, -0.2) is 12.0 Å². The van der Waals surface area contributed by atoms with Crippen LogP contribution in [0.2, 0.25) is 5.02 Å². The van der Waals surface area contributed by atoms with Gasteiger partial charge in [-0.15, -0.1) is 0 Å². The summed E-state index contributed by atoms with van der Waals surface area (Å²) < 4.78 is 5.60. The van der Waals surface area contributed by atoms with Crippen molar-refractivity contribution in [3.05, 3.63) is 53.2 Å². The largest absolute Gasteiger partial charge is 0.489 e. The second-order valence-electron chi connectivity index (χ2n) is 3.54. The van der Waals surface area contributed by atoms with Crippen LogP contribution in [-0.2, 0) is 6.61 Å². The first kappa shape index (κ1) is 11.7. The van der Waals surface area contributed by atoms with Gasteiger partial charge in [0.25, 0.3) is 0 Å². The third-order valence-electron chi connectivity index (χ3n) is 2.30. The number of nitrogens with one attached hydrogen (secondary N) is 1. The number of anilines is 1. The molecule has 0 fully saturated rings. The summed E-state index contributed by atoms with van der Waals surface area (Å²) in [6.45, 7) is 0.499. The van der Waals surface area contributed by atoms with E-state index in [4.69, 9.17) is 16.3 Å². The quantitative estimate of drug-likeness (QED) is 0.901. The molecule has 1 aromatic carbocycles. The zero-order chi connectivity index (χ0) is 12.1. The SMILES string of the molecule is CNc1ccc(COc2ccc(Cl)cc2)cn1. The fourth-order valence-corrected chi connectivity index (χ4v) is 1.48. The van der Waals surface area contributed by atoms with E-state index in [0.29, 0.717) is 11.6 Å². The van der Waals surface area contributed by atoms with Gasteiger partial charge in [0, 0.05) is 23.8 Å². The first-order valence-electron chi connectivity index (χ1n) is 5.29. The highest BCUT2D eigenvalue weighted by Gasteiger charge is 1.97. The van der Waals surface area contributed by atoms with E-state index in [-0.39, 0.29) is 0 Å². The van der Waals surface area contributed by atoms with E-state index < -0.39 is 0 Å². The Hall–Kier alpha value is -1.74. The Morgan fingerprint density at radius 2 is 1.94 bits per heavy atom. The molecule has 0 saturated heterocycles. The fraction of sp³-hybridized carbons (Fsp3) is 0.154. The minimum atomic E-state index is 0.499. The Morgan fingerprint density at radius 3 is 2.53 bits per heavy atom. The third kappa shape index (κ3) is 3.36. The summed E-state index contributed by atoms with van der Waals surface area (Å²) in [5.74, 6) is 1.65. The standard InChI is InChI=1S/C13H13ClN2O/c1-15-13-7-2-10(8-16-13)9-17-12-5-3-11(14)4-6-12/h2-8H,9H2,1H3,(H,15,16). The molecule has 0 amide bonds. The Labute approximate surface area is 105 Å². The molecule has 1 N–H and O–H groups in total. The van der Waals surface area contributed by atoms with Crippen molar-refractivity contribution in [3.63, 3.8) is 0 Å². The summed E-state index contributed by atoms with van der Waals surface area (Å²) >= 11 is 5.79. The molecule has 0 radical (unpaired) electrons. The minimum absolute atomic E-state index is 0.499. The van der Waals surface area contributed by atoms with Gasteiger partial charge in [0.2, 0.25) is 0 Å². The first-order valence-corrected chi connectivity index (χ1v) is 5.67. The van der Waals surface area contributed by atoms with Crippen LogP contribution in [0.15, 0.2) is 42.6 Å². The molecule has 0 bridgehead atoms. The van der Waals surface area contributed by atoms with Gasteiger partial charge in [0.1, 0.15) is 18.2 Å². The van der Waals surface area contributed by atoms with Crippen molar-refractivity contribution in [1.82, 2.24) is 4.98 Å². The maximum Gasteiger partial charge on any atom is 0.125 e. The zero-order valence-corrected chi connectivity index (χ0v) is 10.2. The van der Waals surface area contributed by atoms with Crippen molar-refractivity contribution < 1.29 is 4.74 Å². The molecule has 3 nitrogen and oxygen atoms in total. The van der Waals surface area contributed by atoms with E-state index >= 15 is 0 Å². The Bertz CT molecular complexity index is 468. The maximum absolute atomic E-state index is 5.79. The lowest BCUT2D eigenvalue weighted by atomic mass is 10.3. The Balaban J connectivity index is 1.95. The molecule has 17 heavy (non-hydrogen) atoms. The van der Waals surface area contributed by atoms with Crippen molar-refractivity contribution in [2.24, 2.45) is 0 Å². The molecule has 2 rings (SSSR count). The van der Waals surface area contributed by atoms with Crippen molar-refractivity contribution in [2.45, 2.75) is 6.61 Å². The van der Waals surface area contributed by atoms with E-state index in [9.17, 15) is 0 Å². The second-order valence-corrected chi connectivity index (χ2v) is 3.98. The molecule has 0 aliphatic heterocycles. The average molecular weight is 249 g/mol. The molecule has 0 unspecified atom stereocenters. The average Bonchev–Trinajstić information content (AvgIpc) is 2.39. The molecule has 2 aromatic rings. The van der Waals surface area contributed by atoms with E-state index in [0.717, 1.165) is 17.1 Å². The molecule has 4 heteroatoms. The number of rotatable bonds is 4. The summed E-state index contributed by atoms with van der Waals surface area (Å²) in [5, 5.41) is 3.67. The topological polar surface area (TPSA) is 34.1 Å². The summed E-state index contributed by atoms with van der Waals surface area (Å²) in [5.41, 5.74) is 1.03. The molecule has 0 atom stereocenters. The van der Waals surface area contributed by atoms with E-state index in [1.54, 1.807) is 18.3 Å². The lowest BCUT2D eigenvalue weighted by Crippen LogP contribution is -1.97. The van der Waals surface area contributed by atoms with Crippen molar-refractivity contribution in [2.75, 3.05) is 12.4 Å². The maximum atomic E-state index is 5.79. The number of ether oxygens (including phenoxy) is 1. The number of pyridine rings is 1. The number of aromatic nitrogens is 1. The predicted molar refractivity (Wildman–Crippen MR) is 69.6 cm³/mol. The van der Waals surface area contributed by atoms with Gasteiger partial charge in [-0.05, 0) is 30.3 Å². The van der Waals surface area contributed by atoms with Crippen LogP contribution in [0.1, 0.15) is 5.56 Å². The molecule has 0 aliphatic carbocycles. The first-order chi connectivity index (χ1) is 8.28. The van der Waals surface area contributed by atoms with E-state index in [1.807, 2.05) is 31.3 Å². The summed E-state index contributed by atoms with van der Waals surface area (Å²) in [4.78, 5) is 4.21. The number of hydrogen-bond acceptors (Lipinski definition) is 3. The zero-order valence-electron chi connectivity index (χ0n) is 9.48. The normalized spacial score (nSPS) is 10.0. The van der Waals surface area contributed by atoms with Gasteiger partial charge in [-0.2, -0.15) is 0 Å². The van der Waals surface area contributed by atoms with E-state index in [2.05, 4.69) is 10.3 Å². The molecule has 1 heterocycles. The van der Waals surface area contributed by atoms with Crippen LogP contribution in [0.4, 0.5) is 5.82 Å². The van der Waals surface area contributed by atoms with E-state index in [1.165, 1.54) is 0 Å². The molecular weight excluding hydrogens is 236 g/mol. The number of benzene rings is 1. The highest BCUT2D eigenvalue weighted by atomic mass is 35.5. The van der Waals surface area contributed by atoms with Gasteiger partial charge >= 0.3 is 0 Å². The van der Waals surface area contributed by atoms with Crippen molar-refractivity contribution in [1.29, 1.82) is 0 Å². The highest BCUT2D eigenvalue weighted by Crippen LogP contribution is 2.16. The highest BCUT2D eigenvalue weighted by molar-refractivity contribution is 6.30. The van der Waals surface area contributed by atoms with Crippen molar-refractivity contribution in [3.8, 4) is 5.75 Å². The smallest absolute Gasteiger partial charge is 0.125 e. The molecule has 88 valence electrons. The van der Waals surface area contributed by atoms with Crippen LogP contribution in [0.5, 0.6) is 5.75 Å². The van der Waals surface area contributed by atoms with Gasteiger partial charge in [-0.1, -0.05) is 17.7 Å². The Kier molecular flexibility index (Phi) is 3.83. The van der Waals surface area contributed by atoms with Crippen LogP contribution in [0.25, 0.3) is 0 Å². The number of halogens is 1. The van der Waals surface area contributed by atoms with Crippen LogP contribution in [0, 0.1) is 0 Å². The monoisotopic (exact) mass is 248 g/mol. The fourth-order valence-electron chi connectivity index (χ4n) is 1.36.